The molecule has 0 saturated heterocycles. The number of carbonyl (C=O) groups is 4. The Hall–Kier alpha value is -3.36. The van der Waals surface area contributed by atoms with Gasteiger partial charge in [0.2, 0.25) is 11.8 Å². The van der Waals surface area contributed by atoms with Gasteiger partial charge in [0.1, 0.15) is 12.1 Å². The summed E-state index contributed by atoms with van der Waals surface area (Å²) < 4.78 is 4.86. The third-order valence-electron chi connectivity index (χ3n) is 4.83. The average Bonchev–Trinajstić information content (AvgIpc) is 3.13. The van der Waals surface area contributed by atoms with Crippen LogP contribution in [0.1, 0.15) is 38.7 Å². The first-order valence-corrected chi connectivity index (χ1v) is 10.2. The summed E-state index contributed by atoms with van der Waals surface area (Å²) >= 11 is 0. The van der Waals surface area contributed by atoms with Crippen LogP contribution in [0.25, 0.3) is 10.9 Å². The lowest BCUT2D eigenvalue weighted by molar-refractivity contribution is -0.145. The van der Waals surface area contributed by atoms with Gasteiger partial charge in [-0.1, -0.05) is 32.0 Å². The number of hydrogen-bond acceptors (Lipinski definition) is 5. The molecule has 1 heterocycles. The number of carboxylic acid groups (broad SMARTS) is 1. The number of methoxy groups -OCH3 is 1. The molecule has 0 aliphatic carbocycles. The third-order valence-corrected chi connectivity index (χ3v) is 4.83. The van der Waals surface area contributed by atoms with E-state index in [1.54, 1.807) is 6.20 Å². The highest BCUT2D eigenvalue weighted by Gasteiger charge is 2.28. The van der Waals surface area contributed by atoms with Crippen molar-refractivity contribution in [2.45, 2.75) is 51.6 Å². The number of ether oxygens (including phenoxy) is 1. The zero-order chi connectivity index (χ0) is 23.0. The summed E-state index contributed by atoms with van der Waals surface area (Å²) in [6, 6.07) is 5.78. The highest BCUT2D eigenvalue weighted by atomic mass is 16.5. The fraction of sp³-hybridized carbons (Fsp3) is 0.455. The molecule has 1 aromatic heterocycles. The van der Waals surface area contributed by atoms with Crippen LogP contribution in [0.4, 0.5) is 0 Å². The standard InChI is InChI=1S/C22H29N3O6/c1-13(2)10-17(24-19(26)8-9-20(27)28)21(29)25-18(22(30)31-3)11-14-12-23-16-7-5-4-6-15(14)16/h4-7,12-13,17-18,23H,8-11H2,1-3H3,(H,24,26)(H,25,29)(H,27,28)/t17-,18-/m0/s1. The Balaban J connectivity index is 2.14. The van der Waals surface area contributed by atoms with Crippen LogP contribution >= 0.6 is 0 Å². The van der Waals surface area contributed by atoms with Gasteiger partial charge in [-0.25, -0.2) is 4.79 Å². The van der Waals surface area contributed by atoms with Gasteiger partial charge in [-0.15, -0.1) is 0 Å². The predicted molar refractivity (Wildman–Crippen MR) is 114 cm³/mol. The van der Waals surface area contributed by atoms with E-state index in [1.165, 1.54) is 7.11 Å². The molecule has 9 heteroatoms. The molecule has 2 amide bonds. The number of aliphatic carboxylic acids is 1. The third kappa shape index (κ3) is 7.13. The highest BCUT2D eigenvalue weighted by molar-refractivity contribution is 5.92. The molecular weight excluding hydrogens is 402 g/mol. The molecule has 0 spiro atoms. The van der Waals surface area contributed by atoms with E-state index in [1.807, 2.05) is 38.1 Å². The topological polar surface area (TPSA) is 138 Å². The minimum Gasteiger partial charge on any atom is -0.481 e. The molecule has 1 aromatic carbocycles. The first-order chi connectivity index (χ1) is 14.7. The fourth-order valence-electron chi connectivity index (χ4n) is 3.32. The van der Waals surface area contributed by atoms with E-state index in [4.69, 9.17) is 9.84 Å². The minimum absolute atomic E-state index is 0.0840. The number of carbonyl (C=O) groups excluding carboxylic acids is 3. The first-order valence-electron chi connectivity index (χ1n) is 10.2. The van der Waals surface area contributed by atoms with Crippen molar-refractivity contribution in [2.24, 2.45) is 5.92 Å². The van der Waals surface area contributed by atoms with Crippen molar-refractivity contribution in [1.82, 2.24) is 15.6 Å². The van der Waals surface area contributed by atoms with E-state index < -0.39 is 35.8 Å². The molecule has 0 aliphatic heterocycles. The number of esters is 1. The Morgan fingerprint density at radius 1 is 1.06 bits per heavy atom. The smallest absolute Gasteiger partial charge is 0.328 e. The number of nitrogens with one attached hydrogen (secondary N) is 3. The van der Waals surface area contributed by atoms with E-state index in [0.29, 0.717) is 6.42 Å². The maximum atomic E-state index is 12.9. The van der Waals surface area contributed by atoms with Crippen LogP contribution in [0.3, 0.4) is 0 Å². The van der Waals surface area contributed by atoms with E-state index in [2.05, 4.69) is 15.6 Å². The van der Waals surface area contributed by atoms with Crippen molar-refractivity contribution in [3.8, 4) is 0 Å². The molecule has 0 aliphatic rings. The number of H-pyrrole nitrogens is 1. The zero-order valence-electron chi connectivity index (χ0n) is 17.9. The summed E-state index contributed by atoms with van der Waals surface area (Å²) in [6.45, 7) is 3.79. The molecule has 0 fully saturated rings. The first kappa shape index (κ1) is 23.9. The van der Waals surface area contributed by atoms with E-state index in [-0.39, 0.29) is 25.2 Å². The molecule has 2 aromatic rings. The van der Waals surface area contributed by atoms with Crippen molar-refractivity contribution >= 4 is 34.7 Å². The summed E-state index contributed by atoms with van der Waals surface area (Å²) in [5.41, 5.74) is 1.76. The molecule has 2 atom stereocenters. The molecule has 168 valence electrons. The highest BCUT2D eigenvalue weighted by Crippen LogP contribution is 2.19. The van der Waals surface area contributed by atoms with Crippen LogP contribution in [0, 0.1) is 5.92 Å². The van der Waals surface area contributed by atoms with Gasteiger partial charge in [0, 0.05) is 29.9 Å². The Morgan fingerprint density at radius 2 is 1.77 bits per heavy atom. The Kier molecular flexibility index (Phi) is 8.60. The van der Waals surface area contributed by atoms with Gasteiger partial charge in [0.15, 0.2) is 0 Å². The number of aromatic amines is 1. The molecule has 31 heavy (non-hydrogen) atoms. The van der Waals surface area contributed by atoms with Gasteiger partial charge in [-0.2, -0.15) is 0 Å². The van der Waals surface area contributed by atoms with Crippen LogP contribution in [0.5, 0.6) is 0 Å². The maximum absolute atomic E-state index is 12.9. The molecular formula is C22H29N3O6. The van der Waals surface area contributed by atoms with Crippen LogP contribution in [-0.4, -0.2) is 53.0 Å². The lowest BCUT2D eigenvalue weighted by atomic mass is 10.0. The molecule has 0 saturated carbocycles. The van der Waals surface area contributed by atoms with Gasteiger partial charge in [0.05, 0.1) is 13.5 Å². The Morgan fingerprint density at radius 3 is 2.42 bits per heavy atom. The number of aromatic nitrogens is 1. The lowest BCUT2D eigenvalue weighted by Gasteiger charge is -2.23. The average molecular weight is 431 g/mol. The van der Waals surface area contributed by atoms with Gasteiger partial charge in [-0.05, 0) is 24.0 Å². The molecule has 9 nitrogen and oxygen atoms in total. The van der Waals surface area contributed by atoms with Gasteiger partial charge >= 0.3 is 11.9 Å². The second kappa shape index (κ2) is 11.1. The summed E-state index contributed by atoms with van der Waals surface area (Å²) in [5, 5.41) is 14.9. The monoisotopic (exact) mass is 431 g/mol. The molecule has 0 radical (unpaired) electrons. The van der Waals surface area contributed by atoms with Crippen molar-refractivity contribution in [1.29, 1.82) is 0 Å². The number of fused-ring (bicyclic) bond motifs is 1. The van der Waals surface area contributed by atoms with Crippen LogP contribution in [0.15, 0.2) is 30.5 Å². The fourth-order valence-corrected chi connectivity index (χ4v) is 3.32. The largest absolute Gasteiger partial charge is 0.481 e. The number of para-hydroxylation sites is 1. The molecule has 2 rings (SSSR count). The normalized spacial score (nSPS) is 12.9. The number of hydrogen-bond donors (Lipinski definition) is 4. The summed E-state index contributed by atoms with van der Waals surface area (Å²) in [6.07, 6.45) is 1.78. The number of benzene rings is 1. The second-order valence-corrected chi connectivity index (χ2v) is 7.79. The number of rotatable bonds is 11. The molecule has 0 bridgehead atoms. The SMILES string of the molecule is COC(=O)[C@H](Cc1c[nH]c2ccccc12)NC(=O)[C@H](CC(C)C)NC(=O)CCC(=O)O. The van der Waals surface area contributed by atoms with Gasteiger partial charge < -0.3 is 25.5 Å². The van der Waals surface area contributed by atoms with Crippen molar-refractivity contribution in [3.63, 3.8) is 0 Å². The van der Waals surface area contributed by atoms with E-state index in [0.717, 1.165) is 16.5 Å². The quantitative estimate of drug-likeness (QED) is 0.400. The van der Waals surface area contributed by atoms with Crippen molar-refractivity contribution < 1.29 is 29.0 Å². The number of amides is 2. The Bertz CT molecular complexity index is 936. The summed E-state index contributed by atoms with van der Waals surface area (Å²) in [5.74, 6) is -2.66. The molecule has 0 unspecified atom stereocenters. The van der Waals surface area contributed by atoms with Crippen LogP contribution in [-0.2, 0) is 30.3 Å². The van der Waals surface area contributed by atoms with Gasteiger partial charge in [-0.3, -0.25) is 14.4 Å². The number of carboxylic acids is 1. The maximum Gasteiger partial charge on any atom is 0.328 e. The van der Waals surface area contributed by atoms with Crippen molar-refractivity contribution in [2.75, 3.05) is 7.11 Å². The molecule has 4 N–H and O–H groups in total. The second-order valence-electron chi connectivity index (χ2n) is 7.79. The van der Waals surface area contributed by atoms with Crippen LogP contribution in [0.2, 0.25) is 0 Å². The van der Waals surface area contributed by atoms with E-state index in [9.17, 15) is 19.2 Å². The minimum atomic E-state index is -1.09. The predicted octanol–water partition coefficient (Wildman–Crippen LogP) is 1.76. The summed E-state index contributed by atoms with van der Waals surface area (Å²) in [4.78, 5) is 51.2. The van der Waals surface area contributed by atoms with Crippen molar-refractivity contribution in [3.05, 3.63) is 36.0 Å². The van der Waals surface area contributed by atoms with E-state index >= 15 is 0 Å². The van der Waals surface area contributed by atoms with Crippen LogP contribution < -0.4 is 10.6 Å². The Labute approximate surface area is 180 Å². The zero-order valence-corrected chi connectivity index (χ0v) is 17.9. The summed E-state index contributed by atoms with van der Waals surface area (Å²) in [7, 11) is 1.25. The lowest BCUT2D eigenvalue weighted by Crippen LogP contribution is -2.52. The van der Waals surface area contributed by atoms with Gasteiger partial charge in [0.25, 0.3) is 0 Å².